The van der Waals surface area contributed by atoms with E-state index in [1.165, 1.54) is 5.56 Å². The monoisotopic (exact) mass is 310 g/mol. The highest BCUT2D eigenvalue weighted by Gasteiger charge is 2.27. The second-order valence-electron chi connectivity index (χ2n) is 6.16. The van der Waals surface area contributed by atoms with Crippen LogP contribution in [0.3, 0.4) is 0 Å². The van der Waals surface area contributed by atoms with Crippen LogP contribution in [-0.2, 0) is 4.79 Å². The molecule has 120 valence electrons. The van der Waals surface area contributed by atoms with E-state index < -0.39 is 5.41 Å². The quantitative estimate of drug-likeness (QED) is 0.401. The van der Waals surface area contributed by atoms with Gasteiger partial charge >= 0.3 is 5.97 Å². The minimum Gasteiger partial charge on any atom is -0.426 e. The Kier molecular flexibility index (Phi) is 5.27. The second-order valence-corrected chi connectivity index (χ2v) is 6.16. The van der Waals surface area contributed by atoms with Crippen LogP contribution in [-0.4, -0.2) is 5.97 Å². The van der Waals surface area contributed by atoms with Crippen LogP contribution in [0.15, 0.2) is 58.8 Å². The van der Waals surface area contributed by atoms with Crippen molar-refractivity contribution < 1.29 is 9.53 Å². The summed E-state index contributed by atoms with van der Waals surface area (Å²) >= 11 is 0. The van der Waals surface area contributed by atoms with E-state index in [4.69, 9.17) is 4.74 Å². The fourth-order valence-electron chi connectivity index (χ4n) is 1.70. The van der Waals surface area contributed by atoms with Crippen LogP contribution in [0.5, 0.6) is 5.75 Å². The Balaban J connectivity index is 2.02. The van der Waals surface area contributed by atoms with Crippen molar-refractivity contribution in [2.24, 2.45) is 15.6 Å². The molecule has 2 aromatic rings. The molecule has 0 saturated heterocycles. The van der Waals surface area contributed by atoms with Crippen molar-refractivity contribution in [3.8, 4) is 5.75 Å². The maximum absolute atomic E-state index is 12.0. The number of nitrogens with zero attached hydrogens (tertiary/aromatic N) is 2. The number of azo groups is 1. The van der Waals surface area contributed by atoms with Gasteiger partial charge in [0.05, 0.1) is 16.8 Å². The number of aryl methyl sites for hydroxylation is 1. The van der Waals surface area contributed by atoms with E-state index in [1.54, 1.807) is 24.3 Å². The summed E-state index contributed by atoms with van der Waals surface area (Å²) in [4.78, 5) is 12.0. The lowest BCUT2D eigenvalue weighted by Gasteiger charge is -2.19. The number of ether oxygens (including phenoxy) is 1. The Morgan fingerprint density at radius 1 is 0.957 bits per heavy atom. The van der Waals surface area contributed by atoms with Crippen molar-refractivity contribution in [3.05, 3.63) is 54.1 Å². The van der Waals surface area contributed by atoms with Crippen molar-refractivity contribution in [2.75, 3.05) is 0 Å². The van der Waals surface area contributed by atoms with E-state index in [9.17, 15) is 4.79 Å². The number of hydrogen-bond acceptors (Lipinski definition) is 4. The Bertz CT molecular complexity index is 686. The molecule has 0 saturated carbocycles. The SMILES string of the molecule is CCC(C)(C)C(=O)Oc1ccc(N=Nc2ccc(C)cc2)cc1. The van der Waals surface area contributed by atoms with Crippen LogP contribution in [0.2, 0.25) is 0 Å². The van der Waals surface area contributed by atoms with Crippen LogP contribution in [0.25, 0.3) is 0 Å². The average Bonchev–Trinajstić information content (AvgIpc) is 2.55. The molecule has 0 aromatic heterocycles. The molecule has 0 aliphatic rings. The molecule has 0 aliphatic carbocycles. The van der Waals surface area contributed by atoms with Crippen molar-refractivity contribution in [1.82, 2.24) is 0 Å². The normalized spacial score (nSPS) is 11.7. The first-order valence-electron chi connectivity index (χ1n) is 7.71. The van der Waals surface area contributed by atoms with Gasteiger partial charge in [-0.25, -0.2) is 0 Å². The highest BCUT2D eigenvalue weighted by atomic mass is 16.5. The van der Waals surface area contributed by atoms with Gasteiger partial charge in [0.2, 0.25) is 0 Å². The molecule has 4 nitrogen and oxygen atoms in total. The van der Waals surface area contributed by atoms with Gasteiger partial charge in [0.1, 0.15) is 5.75 Å². The molecule has 0 heterocycles. The smallest absolute Gasteiger partial charge is 0.316 e. The summed E-state index contributed by atoms with van der Waals surface area (Å²) in [6, 6.07) is 14.8. The number of hydrogen-bond donors (Lipinski definition) is 0. The molecule has 0 fully saturated rings. The average molecular weight is 310 g/mol. The Morgan fingerprint density at radius 3 is 1.91 bits per heavy atom. The second kappa shape index (κ2) is 7.18. The van der Waals surface area contributed by atoms with E-state index >= 15 is 0 Å². The summed E-state index contributed by atoms with van der Waals surface area (Å²) in [6.45, 7) is 7.75. The minimum absolute atomic E-state index is 0.228. The van der Waals surface area contributed by atoms with Gasteiger partial charge in [-0.3, -0.25) is 4.79 Å². The third kappa shape index (κ3) is 4.74. The predicted octanol–water partition coefficient (Wildman–Crippen LogP) is 5.75. The molecule has 0 N–H and O–H groups in total. The van der Waals surface area contributed by atoms with Gasteiger partial charge in [0.25, 0.3) is 0 Å². The molecule has 0 unspecified atom stereocenters. The van der Waals surface area contributed by atoms with Crippen LogP contribution in [0.4, 0.5) is 11.4 Å². The first kappa shape index (κ1) is 16.9. The van der Waals surface area contributed by atoms with E-state index in [0.29, 0.717) is 11.4 Å². The molecule has 0 bridgehead atoms. The fraction of sp³-hybridized carbons (Fsp3) is 0.316. The first-order chi connectivity index (χ1) is 10.9. The standard InChI is InChI=1S/C19H22N2O2/c1-5-19(3,4)18(22)23-17-12-10-16(11-13-17)21-20-15-8-6-14(2)7-9-15/h6-13H,5H2,1-4H3. The summed E-state index contributed by atoms with van der Waals surface area (Å²) in [5.41, 5.74) is 2.21. The van der Waals surface area contributed by atoms with E-state index in [-0.39, 0.29) is 5.97 Å². The number of esters is 1. The van der Waals surface area contributed by atoms with Crippen molar-refractivity contribution >= 4 is 17.3 Å². The maximum atomic E-state index is 12.0. The zero-order valence-corrected chi connectivity index (χ0v) is 14.0. The Hall–Kier alpha value is -2.49. The summed E-state index contributed by atoms with van der Waals surface area (Å²) in [6.07, 6.45) is 0.731. The third-order valence-electron chi connectivity index (χ3n) is 3.80. The molecule has 0 amide bonds. The zero-order chi connectivity index (χ0) is 16.9. The lowest BCUT2D eigenvalue weighted by molar-refractivity contribution is -0.144. The summed E-state index contributed by atoms with van der Waals surface area (Å²) < 4.78 is 5.39. The van der Waals surface area contributed by atoms with Crippen LogP contribution in [0, 0.1) is 12.3 Å². The van der Waals surface area contributed by atoms with Gasteiger partial charge in [-0.15, -0.1) is 0 Å². The number of carbonyl (C=O) groups excluding carboxylic acids is 1. The molecule has 0 radical (unpaired) electrons. The van der Waals surface area contributed by atoms with Crippen molar-refractivity contribution in [2.45, 2.75) is 34.1 Å². The topological polar surface area (TPSA) is 51.0 Å². The molecule has 0 aliphatic heterocycles. The Morgan fingerprint density at radius 2 is 1.43 bits per heavy atom. The molecule has 2 rings (SSSR count). The molecule has 4 heteroatoms. The summed E-state index contributed by atoms with van der Waals surface area (Å²) in [5.74, 6) is 0.292. The Labute approximate surface area is 137 Å². The maximum Gasteiger partial charge on any atom is 0.316 e. The molecular formula is C19H22N2O2. The van der Waals surface area contributed by atoms with Crippen LogP contribution >= 0.6 is 0 Å². The summed E-state index contributed by atoms with van der Waals surface area (Å²) in [7, 11) is 0. The number of rotatable bonds is 5. The van der Waals surface area contributed by atoms with E-state index in [0.717, 1.165) is 12.1 Å². The fourth-order valence-corrected chi connectivity index (χ4v) is 1.70. The van der Waals surface area contributed by atoms with Crippen molar-refractivity contribution in [1.29, 1.82) is 0 Å². The molecule has 0 spiro atoms. The third-order valence-corrected chi connectivity index (χ3v) is 3.80. The van der Waals surface area contributed by atoms with Gasteiger partial charge in [-0.1, -0.05) is 24.6 Å². The van der Waals surface area contributed by atoms with Crippen LogP contribution < -0.4 is 4.74 Å². The van der Waals surface area contributed by atoms with Gasteiger partial charge in [0.15, 0.2) is 0 Å². The first-order valence-corrected chi connectivity index (χ1v) is 7.71. The lowest BCUT2D eigenvalue weighted by atomic mass is 9.91. The van der Waals surface area contributed by atoms with Crippen LogP contribution in [0.1, 0.15) is 32.8 Å². The number of benzene rings is 2. The van der Waals surface area contributed by atoms with E-state index in [2.05, 4.69) is 10.2 Å². The van der Waals surface area contributed by atoms with Crippen molar-refractivity contribution in [3.63, 3.8) is 0 Å². The summed E-state index contributed by atoms with van der Waals surface area (Å²) in [5, 5.41) is 8.35. The lowest BCUT2D eigenvalue weighted by Crippen LogP contribution is -2.28. The minimum atomic E-state index is -0.482. The predicted molar refractivity (Wildman–Crippen MR) is 91.5 cm³/mol. The van der Waals surface area contributed by atoms with Gasteiger partial charge in [0, 0.05) is 0 Å². The zero-order valence-electron chi connectivity index (χ0n) is 14.0. The number of carbonyl (C=O) groups is 1. The largest absolute Gasteiger partial charge is 0.426 e. The molecule has 0 atom stereocenters. The van der Waals surface area contributed by atoms with Gasteiger partial charge in [-0.2, -0.15) is 10.2 Å². The molecule has 23 heavy (non-hydrogen) atoms. The van der Waals surface area contributed by atoms with E-state index in [1.807, 2.05) is 52.0 Å². The molecule has 2 aromatic carbocycles. The highest BCUT2D eigenvalue weighted by Crippen LogP contribution is 2.25. The van der Waals surface area contributed by atoms with Gasteiger partial charge in [-0.05, 0) is 63.6 Å². The van der Waals surface area contributed by atoms with Gasteiger partial charge < -0.3 is 4.74 Å². The molecular weight excluding hydrogens is 288 g/mol. The highest BCUT2D eigenvalue weighted by molar-refractivity contribution is 5.78.